The van der Waals surface area contributed by atoms with Crippen LogP contribution in [0.1, 0.15) is 0 Å². The second kappa shape index (κ2) is 4.75. The molecule has 0 spiro atoms. The molecule has 2 fully saturated rings. The maximum Gasteiger partial charge on any atom is 0.214 e. The monoisotopic (exact) mass is 263 g/mol. The van der Waals surface area contributed by atoms with Crippen LogP contribution < -0.4 is 21.9 Å². The van der Waals surface area contributed by atoms with Crippen LogP contribution in [0.3, 0.4) is 0 Å². The standard InChI is InChI=1S/C8H13N3O2.BrH/c12-6-9-1-2-10-3-4-11(7-13)8(10)5-9;/h6-8H,1-5H2;1H. The van der Waals surface area contributed by atoms with Gasteiger partial charge in [-0.25, -0.2) is 0 Å². The Hall–Kier alpha value is -0.620. The molecule has 2 atom stereocenters. The Labute approximate surface area is 93.4 Å². The fourth-order valence-corrected chi connectivity index (χ4v) is 2.18. The average molecular weight is 264 g/mol. The van der Waals surface area contributed by atoms with Crippen LogP contribution in [0.2, 0.25) is 0 Å². The van der Waals surface area contributed by atoms with Crippen molar-refractivity contribution in [3.8, 4) is 0 Å². The van der Waals surface area contributed by atoms with E-state index in [2.05, 4.69) is 0 Å². The lowest BCUT2D eigenvalue weighted by Gasteiger charge is -2.34. The maximum absolute atomic E-state index is 10.7. The zero-order valence-electron chi connectivity index (χ0n) is 7.86. The van der Waals surface area contributed by atoms with Gasteiger partial charge in [-0.2, -0.15) is 0 Å². The molecule has 0 aliphatic carbocycles. The van der Waals surface area contributed by atoms with Gasteiger partial charge in [0.15, 0.2) is 6.17 Å². The van der Waals surface area contributed by atoms with Gasteiger partial charge < -0.3 is 26.8 Å². The lowest BCUT2D eigenvalue weighted by atomic mass is 10.3. The molecule has 14 heavy (non-hydrogen) atoms. The summed E-state index contributed by atoms with van der Waals surface area (Å²) in [5.41, 5.74) is 0. The molecule has 6 heteroatoms. The molecule has 0 aromatic carbocycles. The molecule has 0 saturated carbocycles. The molecule has 1 N–H and O–H groups in total. The fourth-order valence-electron chi connectivity index (χ4n) is 2.18. The van der Waals surface area contributed by atoms with E-state index >= 15 is 0 Å². The maximum atomic E-state index is 10.7. The van der Waals surface area contributed by atoms with Gasteiger partial charge in [0.2, 0.25) is 12.8 Å². The second-order valence-electron chi connectivity index (χ2n) is 3.62. The third-order valence-corrected chi connectivity index (χ3v) is 2.97. The summed E-state index contributed by atoms with van der Waals surface area (Å²) in [6.07, 6.45) is 1.97. The lowest BCUT2D eigenvalue weighted by Crippen LogP contribution is -3.17. The zero-order valence-corrected chi connectivity index (χ0v) is 9.44. The van der Waals surface area contributed by atoms with E-state index in [1.807, 2.05) is 0 Å². The second-order valence-corrected chi connectivity index (χ2v) is 3.62. The number of piperazine rings is 1. The molecular formula is C8H14BrN3O2. The third-order valence-electron chi connectivity index (χ3n) is 2.97. The minimum absolute atomic E-state index is 0. The summed E-state index contributed by atoms with van der Waals surface area (Å²) in [7, 11) is 0. The Morgan fingerprint density at radius 3 is 2.50 bits per heavy atom. The van der Waals surface area contributed by atoms with Gasteiger partial charge in [-0.05, 0) is 0 Å². The van der Waals surface area contributed by atoms with Gasteiger partial charge in [-0.1, -0.05) is 0 Å². The number of carbonyl (C=O) groups excluding carboxylic acids is 2. The van der Waals surface area contributed by atoms with Gasteiger partial charge in [-0.3, -0.25) is 14.5 Å². The molecule has 5 nitrogen and oxygen atoms in total. The van der Waals surface area contributed by atoms with Crippen molar-refractivity contribution in [1.29, 1.82) is 0 Å². The van der Waals surface area contributed by atoms with Gasteiger partial charge in [-0.15, -0.1) is 0 Å². The Bertz CT molecular complexity index is 227. The van der Waals surface area contributed by atoms with Crippen molar-refractivity contribution in [3.63, 3.8) is 0 Å². The number of hydrogen-bond donors (Lipinski definition) is 1. The molecule has 2 aliphatic heterocycles. The van der Waals surface area contributed by atoms with Crippen LogP contribution in [0.4, 0.5) is 0 Å². The number of carbonyl (C=O) groups is 2. The number of rotatable bonds is 2. The predicted octanol–water partition coefficient (Wildman–Crippen LogP) is -5.85. The highest BCUT2D eigenvalue weighted by atomic mass is 79.9. The highest BCUT2D eigenvalue weighted by Gasteiger charge is 2.39. The van der Waals surface area contributed by atoms with Crippen LogP contribution in [-0.2, 0) is 9.59 Å². The highest BCUT2D eigenvalue weighted by molar-refractivity contribution is 5.49. The van der Waals surface area contributed by atoms with E-state index in [9.17, 15) is 9.59 Å². The summed E-state index contributed by atoms with van der Waals surface area (Å²) in [6.45, 7) is 4.33. The van der Waals surface area contributed by atoms with Crippen molar-refractivity contribution in [1.82, 2.24) is 9.80 Å². The minimum atomic E-state index is 0. The first-order valence-electron chi connectivity index (χ1n) is 4.60. The molecule has 2 saturated heterocycles. The summed E-state index contributed by atoms with van der Waals surface area (Å²) < 4.78 is 0. The van der Waals surface area contributed by atoms with E-state index in [1.165, 1.54) is 4.90 Å². The molecule has 2 heterocycles. The number of hydrogen-bond acceptors (Lipinski definition) is 2. The van der Waals surface area contributed by atoms with Gasteiger partial charge in [0.05, 0.1) is 32.7 Å². The van der Waals surface area contributed by atoms with Gasteiger partial charge in [0, 0.05) is 0 Å². The van der Waals surface area contributed by atoms with E-state index in [4.69, 9.17) is 0 Å². The highest BCUT2D eigenvalue weighted by Crippen LogP contribution is 2.00. The first-order chi connectivity index (χ1) is 6.35. The average Bonchev–Trinajstić information content (AvgIpc) is 2.59. The van der Waals surface area contributed by atoms with Crippen LogP contribution in [0, 0.1) is 0 Å². The normalized spacial score (nSPS) is 30.6. The Balaban J connectivity index is 0.000000980. The zero-order chi connectivity index (χ0) is 9.26. The minimum Gasteiger partial charge on any atom is -1.00 e. The summed E-state index contributed by atoms with van der Waals surface area (Å²) in [5, 5.41) is 0. The van der Waals surface area contributed by atoms with E-state index in [0.717, 1.165) is 39.0 Å². The molecule has 2 aliphatic rings. The number of amides is 2. The summed E-state index contributed by atoms with van der Waals surface area (Å²) in [6, 6.07) is 0. The summed E-state index contributed by atoms with van der Waals surface area (Å²) in [5.74, 6) is 0. The van der Waals surface area contributed by atoms with Crippen LogP contribution in [0.25, 0.3) is 0 Å². The van der Waals surface area contributed by atoms with Crippen LogP contribution in [0.5, 0.6) is 0 Å². The largest absolute Gasteiger partial charge is 1.00 e. The first kappa shape index (κ1) is 11.5. The van der Waals surface area contributed by atoms with Crippen LogP contribution >= 0.6 is 0 Å². The first-order valence-corrected chi connectivity index (χ1v) is 4.60. The lowest BCUT2D eigenvalue weighted by molar-refractivity contribution is -0.921. The van der Waals surface area contributed by atoms with E-state index in [0.29, 0.717) is 6.54 Å². The number of fused-ring (bicyclic) bond motifs is 1. The summed E-state index contributed by atoms with van der Waals surface area (Å²) in [4.78, 5) is 26.2. The SMILES string of the molecule is O=CN1CC[NH+]2CCN(C=O)C2C1.[Br-]. The molecule has 2 unspecified atom stereocenters. The van der Waals surface area contributed by atoms with E-state index < -0.39 is 0 Å². The molecular weight excluding hydrogens is 250 g/mol. The van der Waals surface area contributed by atoms with Crippen molar-refractivity contribution in [2.24, 2.45) is 0 Å². The predicted molar refractivity (Wildman–Crippen MR) is 44.9 cm³/mol. The molecule has 80 valence electrons. The van der Waals surface area contributed by atoms with Crippen molar-refractivity contribution >= 4 is 12.8 Å². The van der Waals surface area contributed by atoms with Crippen LogP contribution in [0.15, 0.2) is 0 Å². The topological polar surface area (TPSA) is 45.1 Å². The van der Waals surface area contributed by atoms with Gasteiger partial charge in [0.1, 0.15) is 0 Å². The molecule has 2 rings (SSSR count). The van der Waals surface area contributed by atoms with Crippen molar-refractivity contribution < 1.29 is 31.5 Å². The van der Waals surface area contributed by atoms with E-state index in [-0.39, 0.29) is 23.1 Å². The molecule has 2 amide bonds. The number of nitrogens with zero attached hydrogens (tertiary/aromatic N) is 2. The Morgan fingerprint density at radius 1 is 1.14 bits per heavy atom. The smallest absolute Gasteiger partial charge is 0.214 e. The number of quaternary nitrogens is 1. The Kier molecular flexibility index (Phi) is 3.88. The van der Waals surface area contributed by atoms with Crippen LogP contribution in [-0.4, -0.2) is 61.5 Å². The molecule has 0 bridgehead atoms. The van der Waals surface area contributed by atoms with Gasteiger partial charge >= 0.3 is 0 Å². The fraction of sp³-hybridized carbons (Fsp3) is 0.750. The number of halogens is 1. The third kappa shape index (κ3) is 1.90. The van der Waals surface area contributed by atoms with Crippen molar-refractivity contribution in [3.05, 3.63) is 0 Å². The molecule has 0 radical (unpaired) electrons. The quantitative estimate of drug-likeness (QED) is 0.505. The summed E-state index contributed by atoms with van der Waals surface area (Å²) >= 11 is 0. The Morgan fingerprint density at radius 2 is 1.86 bits per heavy atom. The molecule has 0 aromatic rings. The number of nitrogens with one attached hydrogen (secondary N) is 1. The van der Waals surface area contributed by atoms with Crippen molar-refractivity contribution in [2.45, 2.75) is 6.17 Å². The molecule has 0 aromatic heterocycles. The van der Waals surface area contributed by atoms with E-state index in [1.54, 1.807) is 9.80 Å². The van der Waals surface area contributed by atoms with Crippen molar-refractivity contribution in [2.75, 3.05) is 32.7 Å². The van der Waals surface area contributed by atoms with Gasteiger partial charge in [0.25, 0.3) is 0 Å².